The zero-order valence-corrected chi connectivity index (χ0v) is 12.0. The Morgan fingerprint density at radius 2 is 2.22 bits per heavy atom. The molecule has 1 aromatic rings. The number of nitriles is 1. The normalized spacial score (nSPS) is 12.0. The van der Waals surface area contributed by atoms with Crippen molar-refractivity contribution in [2.24, 2.45) is 17.6 Å². The van der Waals surface area contributed by atoms with Crippen LogP contribution in [0.15, 0.2) is 22.7 Å². The van der Waals surface area contributed by atoms with E-state index in [1.54, 1.807) is 18.2 Å². The average Bonchev–Trinajstić information content (AvgIpc) is 2.29. The van der Waals surface area contributed by atoms with Crippen molar-refractivity contribution >= 4 is 27.5 Å². The van der Waals surface area contributed by atoms with Crippen molar-refractivity contribution in [1.29, 1.82) is 5.26 Å². The van der Waals surface area contributed by atoms with Crippen LogP contribution >= 0.6 is 15.9 Å². The number of nitrogens with zero attached hydrogens (tertiary/aromatic N) is 1. The molecule has 0 saturated carbocycles. The van der Waals surface area contributed by atoms with Crippen LogP contribution in [-0.2, 0) is 4.79 Å². The number of hydrogen-bond donors (Lipinski definition) is 2. The van der Waals surface area contributed by atoms with Gasteiger partial charge in [-0.25, -0.2) is 0 Å². The van der Waals surface area contributed by atoms with Crippen molar-refractivity contribution in [1.82, 2.24) is 0 Å². The molecule has 96 valence electrons. The Labute approximate surface area is 115 Å². The molecule has 0 spiro atoms. The maximum absolute atomic E-state index is 12.0. The summed E-state index contributed by atoms with van der Waals surface area (Å²) in [6, 6.07) is 7.18. The summed E-state index contributed by atoms with van der Waals surface area (Å²) in [5.74, 6) is -0.245. The van der Waals surface area contributed by atoms with E-state index < -0.39 is 0 Å². The van der Waals surface area contributed by atoms with Gasteiger partial charge in [-0.2, -0.15) is 5.26 Å². The van der Waals surface area contributed by atoms with Crippen molar-refractivity contribution in [3.8, 4) is 6.07 Å². The second kappa shape index (κ2) is 6.53. The molecule has 0 aliphatic carbocycles. The fourth-order valence-electron chi connectivity index (χ4n) is 1.62. The second-order valence-corrected chi connectivity index (χ2v) is 5.29. The average molecular weight is 310 g/mol. The van der Waals surface area contributed by atoms with Crippen LogP contribution in [-0.4, -0.2) is 12.5 Å². The SMILES string of the molecule is CC(C)C(CN)C(=O)Nc1cc(Br)ccc1C#N. The van der Waals surface area contributed by atoms with E-state index in [-0.39, 0.29) is 17.7 Å². The van der Waals surface area contributed by atoms with Crippen LogP contribution in [0, 0.1) is 23.2 Å². The lowest BCUT2D eigenvalue weighted by atomic mass is 9.95. The van der Waals surface area contributed by atoms with Gasteiger partial charge in [0.2, 0.25) is 5.91 Å². The molecule has 3 N–H and O–H groups in total. The van der Waals surface area contributed by atoms with Gasteiger partial charge in [-0.1, -0.05) is 29.8 Å². The Hall–Kier alpha value is -1.38. The number of amides is 1. The molecule has 1 aromatic carbocycles. The highest BCUT2D eigenvalue weighted by Gasteiger charge is 2.21. The Kier molecular flexibility index (Phi) is 5.32. The van der Waals surface area contributed by atoms with Gasteiger partial charge in [0.25, 0.3) is 0 Å². The smallest absolute Gasteiger partial charge is 0.229 e. The first-order valence-electron chi connectivity index (χ1n) is 5.70. The molecule has 0 radical (unpaired) electrons. The Bertz CT molecular complexity index is 480. The second-order valence-electron chi connectivity index (χ2n) is 4.38. The lowest BCUT2D eigenvalue weighted by Gasteiger charge is -2.18. The Morgan fingerprint density at radius 1 is 1.56 bits per heavy atom. The van der Waals surface area contributed by atoms with Crippen LogP contribution in [0.3, 0.4) is 0 Å². The van der Waals surface area contributed by atoms with Gasteiger partial charge in [-0.05, 0) is 24.1 Å². The van der Waals surface area contributed by atoms with E-state index in [1.807, 2.05) is 19.9 Å². The highest BCUT2D eigenvalue weighted by atomic mass is 79.9. The molecular formula is C13H16BrN3O. The predicted octanol–water partition coefficient (Wildman–Crippen LogP) is 2.49. The van der Waals surface area contributed by atoms with E-state index in [2.05, 4.69) is 21.2 Å². The van der Waals surface area contributed by atoms with E-state index in [0.29, 0.717) is 17.8 Å². The third kappa shape index (κ3) is 3.56. The highest BCUT2D eigenvalue weighted by Crippen LogP contribution is 2.22. The van der Waals surface area contributed by atoms with E-state index >= 15 is 0 Å². The zero-order chi connectivity index (χ0) is 13.7. The summed E-state index contributed by atoms with van der Waals surface area (Å²) < 4.78 is 0.811. The molecule has 4 nitrogen and oxygen atoms in total. The van der Waals surface area contributed by atoms with Crippen molar-refractivity contribution in [3.63, 3.8) is 0 Å². The first kappa shape index (κ1) is 14.7. The van der Waals surface area contributed by atoms with Crippen molar-refractivity contribution in [3.05, 3.63) is 28.2 Å². The third-order valence-electron chi connectivity index (χ3n) is 2.76. The number of nitrogens with two attached hydrogens (primary N) is 1. The minimum atomic E-state index is -0.254. The maximum atomic E-state index is 12.0. The molecule has 1 unspecified atom stereocenters. The molecule has 0 fully saturated rings. The minimum Gasteiger partial charge on any atom is -0.330 e. The quantitative estimate of drug-likeness (QED) is 0.896. The molecule has 0 heterocycles. The van der Waals surface area contributed by atoms with Gasteiger partial charge in [0.1, 0.15) is 6.07 Å². The largest absolute Gasteiger partial charge is 0.330 e. The number of hydrogen-bond acceptors (Lipinski definition) is 3. The van der Waals surface area contributed by atoms with E-state index in [9.17, 15) is 4.79 Å². The van der Waals surface area contributed by atoms with Crippen LogP contribution in [0.4, 0.5) is 5.69 Å². The number of rotatable bonds is 4. The lowest BCUT2D eigenvalue weighted by molar-refractivity contribution is -0.120. The standard InChI is InChI=1S/C13H16BrN3O/c1-8(2)11(7-16)13(18)17-12-5-10(14)4-3-9(12)6-15/h3-5,8,11H,7,16H2,1-2H3,(H,17,18). The maximum Gasteiger partial charge on any atom is 0.229 e. The molecule has 1 amide bonds. The minimum absolute atomic E-state index is 0.151. The summed E-state index contributed by atoms with van der Waals surface area (Å²) in [6.45, 7) is 4.19. The van der Waals surface area contributed by atoms with Crippen molar-refractivity contribution < 1.29 is 4.79 Å². The van der Waals surface area contributed by atoms with Crippen LogP contribution in [0.5, 0.6) is 0 Å². The summed E-state index contributed by atoms with van der Waals surface area (Å²) in [5.41, 5.74) is 6.54. The molecule has 0 bridgehead atoms. The van der Waals surface area contributed by atoms with Crippen LogP contribution < -0.4 is 11.1 Å². The molecule has 5 heteroatoms. The molecule has 1 rings (SSSR count). The van der Waals surface area contributed by atoms with Gasteiger partial charge < -0.3 is 11.1 Å². The monoisotopic (exact) mass is 309 g/mol. The number of halogens is 1. The van der Waals surface area contributed by atoms with Gasteiger partial charge in [0.15, 0.2) is 0 Å². The Morgan fingerprint density at radius 3 is 2.72 bits per heavy atom. The topological polar surface area (TPSA) is 78.9 Å². The summed E-state index contributed by atoms with van der Waals surface area (Å²) >= 11 is 3.31. The van der Waals surface area contributed by atoms with Crippen LogP contribution in [0.2, 0.25) is 0 Å². The molecule has 0 saturated heterocycles. The first-order valence-corrected chi connectivity index (χ1v) is 6.49. The molecule has 0 aromatic heterocycles. The lowest BCUT2D eigenvalue weighted by Crippen LogP contribution is -2.33. The molecule has 0 aliphatic heterocycles. The summed E-state index contributed by atoms with van der Waals surface area (Å²) in [7, 11) is 0. The molecule has 18 heavy (non-hydrogen) atoms. The molecule has 1 atom stereocenters. The van der Waals surface area contributed by atoms with Crippen LogP contribution in [0.25, 0.3) is 0 Å². The van der Waals surface area contributed by atoms with Crippen molar-refractivity contribution in [2.45, 2.75) is 13.8 Å². The summed E-state index contributed by atoms with van der Waals surface area (Å²) in [6.07, 6.45) is 0. The number of nitrogens with one attached hydrogen (secondary N) is 1. The highest BCUT2D eigenvalue weighted by molar-refractivity contribution is 9.10. The van der Waals surface area contributed by atoms with E-state index in [1.165, 1.54) is 0 Å². The molecular weight excluding hydrogens is 294 g/mol. The third-order valence-corrected chi connectivity index (χ3v) is 3.25. The van der Waals surface area contributed by atoms with Gasteiger partial charge in [0.05, 0.1) is 17.2 Å². The number of benzene rings is 1. The van der Waals surface area contributed by atoms with Gasteiger partial charge in [-0.15, -0.1) is 0 Å². The van der Waals surface area contributed by atoms with Gasteiger partial charge in [0, 0.05) is 11.0 Å². The predicted molar refractivity (Wildman–Crippen MR) is 74.9 cm³/mol. The zero-order valence-electron chi connectivity index (χ0n) is 10.4. The van der Waals surface area contributed by atoms with E-state index in [4.69, 9.17) is 11.0 Å². The number of carbonyl (C=O) groups is 1. The Balaban J connectivity index is 2.94. The van der Waals surface area contributed by atoms with Gasteiger partial charge in [-0.3, -0.25) is 4.79 Å². The summed E-state index contributed by atoms with van der Waals surface area (Å²) in [5, 5.41) is 11.7. The number of anilines is 1. The van der Waals surface area contributed by atoms with Crippen molar-refractivity contribution in [2.75, 3.05) is 11.9 Å². The number of carbonyl (C=O) groups excluding carboxylic acids is 1. The first-order chi connectivity index (χ1) is 8.49. The fraction of sp³-hybridized carbons (Fsp3) is 0.385. The fourth-order valence-corrected chi connectivity index (χ4v) is 1.99. The molecule has 0 aliphatic rings. The van der Waals surface area contributed by atoms with Gasteiger partial charge >= 0.3 is 0 Å². The van der Waals surface area contributed by atoms with E-state index in [0.717, 1.165) is 4.47 Å². The summed E-state index contributed by atoms with van der Waals surface area (Å²) in [4.78, 5) is 12.0. The van der Waals surface area contributed by atoms with Crippen LogP contribution in [0.1, 0.15) is 19.4 Å².